The van der Waals surface area contributed by atoms with Crippen LogP contribution in [0.15, 0.2) is 18.2 Å². The van der Waals surface area contributed by atoms with Crippen LogP contribution in [0.3, 0.4) is 0 Å². The standard InChI is InChI=1S/C15H24ClN3O2/c1-4-19(10-15(2,3)21)8-7-14(20)18-11-5-6-12(16)13(17)9-11/h5-6,9,21H,4,7-8,10,17H2,1-3H3,(H,18,20). The lowest BCUT2D eigenvalue weighted by atomic mass is 10.1. The fraction of sp³-hybridized carbons (Fsp3) is 0.533. The van der Waals surface area contributed by atoms with Gasteiger partial charge in [-0.2, -0.15) is 0 Å². The summed E-state index contributed by atoms with van der Waals surface area (Å²) in [5.74, 6) is -0.0917. The van der Waals surface area contributed by atoms with Crippen LogP contribution in [-0.2, 0) is 4.79 Å². The van der Waals surface area contributed by atoms with Crippen LogP contribution in [0.25, 0.3) is 0 Å². The third-order valence-corrected chi connectivity index (χ3v) is 3.34. The van der Waals surface area contributed by atoms with E-state index < -0.39 is 5.60 Å². The van der Waals surface area contributed by atoms with Crippen LogP contribution < -0.4 is 11.1 Å². The van der Waals surface area contributed by atoms with Crippen LogP contribution in [0, 0.1) is 0 Å². The van der Waals surface area contributed by atoms with Crippen molar-refractivity contribution in [3.63, 3.8) is 0 Å². The van der Waals surface area contributed by atoms with Crippen molar-refractivity contribution in [2.24, 2.45) is 0 Å². The Morgan fingerprint density at radius 2 is 2.14 bits per heavy atom. The Hall–Kier alpha value is -1.30. The number of carbonyl (C=O) groups is 1. The number of benzene rings is 1. The molecule has 0 fully saturated rings. The van der Waals surface area contributed by atoms with E-state index in [9.17, 15) is 9.90 Å². The Labute approximate surface area is 131 Å². The Morgan fingerprint density at radius 1 is 1.48 bits per heavy atom. The minimum Gasteiger partial charge on any atom is -0.397 e. The molecular weight excluding hydrogens is 290 g/mol. The minimum atomic E-state index is -0.767. The molecule has 118 valence electrons. The van der Waals surface area contributed by atoms with Gasteiger partial charge in [0, 0.05) is 25.2 Å². The molecule has 0 saturated heterocycles. The fourth-order valence-electron chi connectivity index (χ4n) is 2.00. The fourth-order valence-corrected chi connectivity index (χ4v) is 2.12. The second kappa shape index (κ2) is 7.64. The van der Waals surface area contributed by atoms with Crippen LogP contribution in [0.5, 0.6) is 0 Å². The zero-order chi connectivity index (χ0) is 16.0. The zero-order valence-corrected chi connectivity index (χ0v) is 13.6. The highest BCUT2D eigenvalue weighted by molar-refractivity contribution is 6.33. The number of rotatable bonds is 7. The third kappa shape index (κ3) is 6.80. The third-order valence-electron chi connectivity index (χ3n) is 2.99. The minimum absolute atomic E-state index is 0.0917. The zero-order valence-electron chi connectivity index (χ0n) is 12.8. The first kappa shape index (κ1) is 17.8. The summed E-state index contributed by atoms with van der Waals surface area (Å²) in [6.07, 6.45) is 0.354. The molecule has 0 unspecified atom stereocenters. The number of nitrogen functional groups attached to an aromatic ring is 1. The number of hydrogen-bond acceptors (Lipinski definition) is 4. The van der Waals surface area contributed by atoms with Crippen LogP contribution in [-0.4, -0.2) is 41.1 Å². The maximum absolute atomic E-state index is 11.9. The first-order chi connectivity index (χ1) is 9.71. The average Bonchev–Trinajstić information content (AvgIpc) is 2.37. The molecule has 1 rings (SSSR count). The van der Waals surface area contributed by atoms with E-state index >= 15 is 0 Å². The molecule has 1 aromatic rings. The monoisotopic (exact) mass is 313 g/mol. The Balaban J connectivity index is 2.47. The normalized spacial score (nSPS) is 11.7. The van der Waals surface area contributed by atoms with Gasteiger partial charge < -0.3 is 21.1 Å². The van der Waals surface area contributed by atoms with Crippen LogP contribution in [0.4, 0.5) is 11.4 Å². The molecule has 0 radical (unpaired) electrons. The van der Waals surface area contributed by atoms with Gasteiger partial charge in [0.2, 0.25) is 5.91 Å². The number of nitrogens with zero attached hydrogens (tertiary/aromatic N) is 1. The van der Waals surface area contributed by atoms with Gasteiger partial charge in [0.05, 0.1) is 16.3 Å². The van der Waals surface area contributed by atoms with Crippen molar-refractivity contribution in [3.05, 3.63) is 23.2 Å². The highest BCUT2D eigenvalue weighted by Gasteiger charge is 2.17. The molecule has 0 aromatic heterocycles. The van der Waals surface area contributed by atoms with E-state index in [1.165, 1.54) is 0 Å². The topological polar surface area (TPSA) is 78.6 Å². The van der Waals surface area contributed by atoms with E-state index in [0.29, 0.717) is 35.9 Å². The van der Waals surface area contributed by atoms with Crippen molar-refractivity contribution in [1.82, 2.24) is 4.90 Å². The summed E-state index contributed by atoms with van der Waals surface area (Å²) in [6, 6.07) is 5.00. The van der Waals surface area contributed by atoms with Crippen molar-refractivity contribution >= 4 is 28.9 Å². The van der Waals surface area contributed by atoms with Gasteiger partial charge in [-0.3, -0.25) is 4.79 Å². The molecular formula is C15H24ClN3O2. The molecule has 0 bridgehead atoms. The van der Waals surface area contributed by atoms with E-state index in [-0.39, 0.29) is 5.91 Å². The molecule has 0 aliphatic rings. The summed E-state index contributed by atoms with van der Waals surface area (Å²) in [4.78, 5) is 14.0. The molecule has 1 amide bonds. The molecule has 0 spiro atoms. The van der Waals surface area contributed by atoms with Gasteiger partial charge in [0.15, 0.2) is 0 Å². The smallest absolute Gasteiger partial charge is 0.225 e. The highest BCUT2D eigenvalue weighted by atomic mass is 35.5. The Morgan fingerprint density at radius 3 is 2.67 bits per heavy atom. The molecule has 0 aliphatic carbocycles. The highest BCUT2D eigenvalue weighted by Crippen LogP contribution is 2.22. The predicted octanol–water partition coefficient (Wildman–Crippen LogP) is 2.34. The number of anilines is 2. The first-order valence-electron chi connectivity index (χ1n) is 7.01. The average molecular weight is 314 g/mol. The summed E-state index contributed by atoms with van der Waals surface area (Å²) >= 11 is 5.83. The number of amides is 1. The van der Waals surface area contributed by atoms with Crippen LogP contribution >= 0.6 is 11.6 Å². The second-order valence-corrected chi connectivity index (χ2v) is 6.12. The van der Waals surface area contributed by atoms with Gasteiger partial charge >= 0.3 is 0 Å². The molecule has 21 heavy (non-hydrogen) atoms. The van der Waals surface area contributed by atoms with Gasteiger partial charge in [0.1, 0.15) is 0 Å². The number of likely N-dealkylation sites (N-methyl/N-ethyl adjacent to an activating group) is 1. The number of halogens is 1. The van der Waals surface area contributed by atoms with E-state index in [2.05, 4.69) is 5.32 Å². The summed E-state index contributed by atoms with van der Waals surface area (Å²) in [6.45, 7) is 7.42. The molecule has 5 nitrogen and oxygen atoms in total. The molecule has 0 heterocycles. The van der Waals surface area contributed by atoms with E-state index in [1.54, 1.807) is 32.0 Å². The quantitative estimate of drug-likeness (QED) is 0.675. The van der Waals surface area contributed by atoms with Crippen molar-refractivity contribution < 1.29 is 9.90 Å². The van der Waals surface area contributed by atoms with Gasteiger partial charge in [-0.15, -0.1) is 0 Å². The van der Waals surface area contributed by atoms with Crippen molar-refractivity contribution in [2.45, 2.75) is 32.8 Å². The maximum Gasteiger partial charge on any atom is 0.225 e. The number of carbonyl (C=O) groups excluding carboxylic acids is 1. The lowest BCUT2D eigenvalue weighted by molar-refractivity contribution is -0.116. The number of aliphatic hydroxyl groups is 1. The molecule has 0 aliphatic heterocycles. The Bertz CT molecular complexity index is 486. The summed E-state index contributed by atoms with van der Waals surface area (Å²) in [5.41, 5.74) is 5.99. The van der Waals surface area contributed by atoms with Crippen LogP contribution in [0.1, 0.15) is 27.2 Å². The molecule has 4 N–H and O–H groups in total. The summed E-state index contributed by atoms with van der Waals surface area (Å²) in [7, 11) is 0. The predicted molar refractivity (Wildman–Crippen MR) is 87.5 cm³/mol. The number of hydrogen-bond donors (Lipinski definition) is 3. The maximum atomic E-state index is 11.9. The van der Waals surface area contributed by atoms with Gasteiger partial charge in [0.25, 0.3) is 0 Å². The van der Waals surface area contributed by atoms with Crippen molar-refractivity contribution in [2.75, 3.05) is 30.7 Å². The lowest BCUT2D eigenvalue weighted by Gasteiger charge is -2.27. The van der Waals surface area contributed by atoms with Gasteiger partial charge in [-0.25, -0.2) is 0 Å². The second-order valence-electron chi connectivity index (χ2n) is 5.72. The number of nitrogens with one attached hydrogen (secondary N) is 1. The molecule has 1 aromatic carbocycles. The van der Waals surface area contributed by atoms with Gasteiger partial charge in [-0.1, -0.05) is 18.5 Å². The summed E-state index contributed by atoms with van der Waals surface area (Å²) in [5, 5.41) is 13.1. The van der Waals surface area contributed by atoms with Crippen molar-refractivity contribution in [1.29, 1.82) is 0 Å². The van der Waals surface area contributed by atoms with Gasteiger partial charge in [-0.05, 0) is 38.6 Å². The Kier molecular flexibility index (Phi) is 6.45. The molecule has 0 atom stereocenters. The summed E-state index contributed by atoms with van der Waals surface area (Å²) < 4.78 is 0. The van der Waals surface area contributed by atoms with Crippen molar-refractivity contribution in [3.8, 4) is 0 Å². The van der Waals surface area contributed by atoms with E-state index in [1.807, 2.05) is 11.8 Å². The van der Waals surface area contributed by atoms with E-state index in [0.717, 1.165) is 6.54 Å². The van der Waals surface area contributed by atoms with E-state index in [4.69, 9.17) is 17.3 Å². The van der Waals surface area contributed by atoms with Crippen LogP contribution in [0.2, 0.25) is 5.02 Å². The largest absolute Gasteiger partial charge is 0.397 e. The first-order valence-corrected chi connectivity index (χ1v) is 7.38. The molecule has 6 heteroatoms. The lowest BCUT2D eigenvalue weighted by Crippen LogP contribution is -2.39. The molecule has 0 saturated carbocycles. The number of nitrogens with two attached hydrogens (primary N) is 1. The SMILES string of the molecule is CCN(CCC(=O)Nc1ccc(Cl)c(N)c1)CC(C)(C)O.